The molecule has 0 bridgehead atoms. The summed E-state index contributed by atoms with van der Waals surface area (Å²) in [6.07, 6.45) is 0. The van der Waals surface area contributed by atoms with Crippen LogP contribution in [0, 0.1) is 22.7 Å². The van der Waals surface area contributed by atoms with E-state index in [1.807, 2.05) is 12.1 Å². The number of hydrogen-bond acceptors (Lipinski definition) is 8. The standard InChI is InChI=1S/C16H12N6O2S/c17-9-13-1-5-15(6-2-13)21-19-11-25(23,24)12-20-22-16-7-3-14(10-18)4-8-16/h1-8H,11-12H2. The summed E-state index contributed by atoms with van der Waals surface area (Å²) in [5.74, 6) is -1.03. The van der Waals surface area contributed by atoms with Gasteiger partial charge in [0.2, 0.25) is 0 Å². The lowest BCUT2D eigenvalue weighted by molar-refractivity contribution is 0.595. The molecule has 0 aliphatic carbocycles. The molecule has 0 atom stereocenters. The Hall–Kier alpha value is -3.43. The van der Waals surface area contributed by atoms with Gasteiger partial charge >= 0.3 is 0 Å². The van der Waals surface area contributed by atoms with Crippen LogP contribution in [-0.4, -0.2) is 20.2 Å². The van der Waals surface area contributed by atoms with Gasteiger partial charge in [0.1, 0.15) is 0 Å². The molecule has 9 heteroatoms. The number of azo groups is 2. The first-order chi connectivity index (χ1) is 12.0. The molecule has 0 amide bonds. The third kappa shape index (κ3) is 5.94. The molecule has 0 spiro atoms. The van der Waals surface area contributed by atoms with Gasteiger partial charge in [0, 0.05) is 0 Å². The highest BCUT2D eigenvalue weighted by atomic mass is 32.2. The van der Waals surface area contributed by atoms with Crippen LogP contribution in [0.1, 0.15) is 11.1 Å². The third-order valence-electron chi connectivity index (χ3n) is 2.87. The Labute approximate surface area is 144 Å². The minimum atomic E-state index is -3.57. The lowest BCUT2D eigenvalue weighted by Gasteiger charge is -1.96. The second-order valence-corrected chi connectivity index (χ2v) is 6.81. The van der Waals surface area contributed by atoms with Crippen LogP contribution in [-0.2, 0) is 9.84 Å². The van der Waals surface area contributed by atoms with E-state index in [0.717, 1.165) is 0 Å². The minimum absolute atomic E-state index is 0.452. The van der Waals surface area contributed by atoms with Crippen molar-refractivity contribution in [3.05, 3.63) is 59.7 Å². The summed E-state index contributed by atoms with van der Waals surface area (Å²) < 4.78 is 23.6. The van der Waals surface area contributed by atoms with Crippen molar-refractivity contribution in [3.63, 3.8) is 0 Å². The maximum absolute atomic E-state index is 11.8. The fourth-order valence-corrected chi connectivity index (χ4v) is 2.19. The van der Waals surface area contributed by atoms with Crippen LogP contribution in [0.3, 0.4) is 0 Å². The summed E-state index contributed by atoms with van der Waals surface area (Å²) in [5, 5.41) is 32.2. The van der Waals surface area contributed by atoms with Crippen molar-refractivity contribution in [1.29, 1.82) is 10.5 Å². The molecule has 0 aromatic heterocycles. The summed E-state index contributed by atoms with van der Waals surface area (Å²) in [6, 6.07) is 16.5. The van der Waals surface area contributed by atoms with Gasteiger partial charge in [0.05, 0.1) is 34.6 Å². The van der Waals surface area contributed by atoms with Gasteiger partial charge in [-0.1, -0.05) is 0 Å². The highest BCUT2D eigenvalue weighted by molar-refractivity contribution is 7.91. The summed E-state index contributed by atoms with van der Waals surface area (Å²) in [4.78, 5) is 0. The molecule has 0 heterocycles. The Bertz CT molecular complexity index is 890. The molecule has 0 aliphatic heterocycles. The van der Waals surface area contributed by atoms with Gasteiger partial charge in [-0.3, -0.25) is 0 Å². The van der Waals surface area contributed by atoms with E-state index in [0.29, 0.717) is 22.5 Å². The van der Waals surface area contributed by atoms with Crippen molar-refractivity contribution >= 4 is 21.2 Å². The average Bonchev–Trinajstić information content (AvgIpc) is 2.62. The van der Waals surface area contributed by atoms with E-state index in [-0.39, 0.29) is 0 Å². The molecular formula is C16H12N6O2S. The maximum atomic E-state index is 11.8. The molecular weight excluding hydrogens is 340 g/mol. The average molecular weight is 352 g/mol. The predicted molar refractivity (Wildman–Crippen MR) is 90.0 cm³/mol. The largest absolute Gasteiger partial charge is 0.225 e. The number of nitriles is 2. The Morgan fingerprint density at radius 1 is 0.720 bits per heavy atom. The van der Waals surface area contributed by atoms with Crippen molar-refractivity contribution < 1.29 is 8.42 Å². The summed E-state index contributed by atoms with van der Waals surface area (Å²) >= 11 is 0. The number of hydrogen-bond donors (Lipinski definition) is 0. The minimum Gasteiger partial charge on any atom is -0.225 e. The smallest absolute Gasteiger partial charge is 0.194 e. The van der Waals surface area contributed by atoms with Gasteiger partial charge < -0.3 is 0 Å². The summed E-state index contributed by atoms with van der Waals surface area (Å²) in [7, 11) is -3.57. The van der Waals surface area contributed by atoms with E-state index < -0.39 is 21.6 Å². The van der Waals surface area contributed by atoms with E-state index in [1.54, 1.807) is 48.5 Å². The summed E-state index contributed by atoms with van der Waals surface area (Å²) in [6.45, 7) is 0. The zero-order valence-electron chi connectivity index (χ0n) is 12.9. The van der Waals surface area contributed by atoms with Crippen LogP contribution in [0.25, 0.3) is 0 Å². The fraction of sp³-hybridized carbons (Fsp3) is 0.125. The Kier molecular flexibility index (Phi) is 6.04. The first kappa shape index (κ1) is 17.9. The van der Waals surface area contributed by atoms with E-state index >= 15 is 0 Å². The predicted octanol–water partition coefficient (Wildman–Crippen LogP) is 3.63. The first-order valence-corrected chi connectivity index (χ1v) is 8.80. The molecule has 0 unspecified atom stereocenters. The van der Waals surface area contributed by atoms with E-state index in [2.05, 4.69) is 20.5 Å². The van der Waals surface area contributed by atoms with Gasteiger partial charge in [-0.15, -0.1) is 0 Å². The zero-order chi connectivity index (χ0) is 18.1. The van der Waals surface area contributed by atoms with Crippen LogP contribution in [0.5, 0.6) is 0 Å². The van der Waals surface area contributed by atoms with Crippen molar-refractivity contribution in [2.24, 2.45) is 20.5 Å². The van der Waals surface area contributed by atoms with E-state index in [1.165, 1.54) is 0 Å². The summed E-state index contributed by atoms with van der Waals surface area (Å²) in [5.41, 5.74) is 1.87. The van der Waals surface area contributed by atoms with Gasteiger partial charge in [0.25, 0.3) is 0 Å². The van der Waals surface area contributed by atoms with Gasteiger partial charge in [-0.25, -0.2) is 8.42 Å². The van der Waals surface area contributed by atoms with Crippen LogP contribution in [0.2, 0.25) is 0 Å². The maximum Gasteiger partial charge on any atom is 0.194 e. The topological polar surface area (TPSA) is 131 Å². The molecule has 2 aromatic rings. The second kappa shape index (κ2) is 8.43. The lowest BCUT2D eigenvalue weighted by Crippen LogP contribution is -2.06. The monoisotopic (exact) mass is 352 g/mol. The Balaban J connectivity index is 1.90. The Morgan fingerprint density at radius 3 is 1.40 bits per heavy atom. The normalized spacial score (nSPS) is 11.4. The highest BCUT2D eigenvalue weighted by Gasteiger charge is 2.08. The molecule has 2 aromatic carbocycles. The quantitative estimate of drug-likeness (QED) is 0.734. The zero-order valence-corrected chi connectivity index (χ0v) is 13.8. The van der Waals surface area contributed by atoms with Gasteiger partial charge in [-0.2, -0.15) is 31.0 Å². The van der Waals surface area contributed by atoms with Crippen molar-refractivity contribution in [2.45, 2.75) is 0 Å². The molecule has 0 saturated heterocycles. The van der Waals surface area contributed by atoms with E-state index in [9.17, 15) is 8.42 Å². The highest BCUT2D eigenvalue weighted by Crippen LogP contribution is 2.14. The van der Waals surface area contributed by atoms with Crippen molar-refractivity contribution in [3.8, 4) is 12.1 Å². The SMILES string of the molecule is N#Cc1ccc(N=NCS(=O)(=O)CN=Nc2ccc(C#N)cc2)cc1. The van der Waals surface area contributed by atoms with Crippen molar-refractivity contribution in [2.75, 3.05) is 11.8 Å². The van der Waals surface area contributed by atoms with Crippen LogP contribution in [0.4, 0.5) is 11.4 Å². The lowest BCUT2D eigenvalue weighted by atomic mass is 10.2. The molecule has 2 rings (SSSR count). The molecule has 0 fully saturated rings. The third-order valence-corrected chi connectivity index (χ3v) is 3.89. The number of sulfone groups is 1. The molecule has 0 aliphatic rings. The number of benzene rings is 2. The molecule has 8 nitrogen and oxygen atoms in total. The Morgan fingerprint density at radius 2 is 1.08 bits per heavy atom. The number of nitrogens with zero attached hydrogens (tertiary/aromatic N) is 6. The fourth-order valence-electron chi connectivity index (χ4n) is 1.64. The van der Waals surface area contributed by atoms with Crippen molar-refractivity contribution in [1.82, 2.24) is 0 Å². The van der Waals surface area contributed by atoms with E-state index in [4.69, 9.17) is 10.5 Å². The van der Waals surface area contributed by atoms with Crippen LogP contribution in [0.15, 0.2) is 69.0 Å². The number of rotatable bonds is 6. The van der Waals surface area contributed by atoms with Gasteiger partial charge in [0.15, 0.2) is 21.6 Å². The second-order valence-electron chi connectivity index (χ2n) is 4.80. The van der Waals surface area contributed by atoms with Crippen LogP contribution < -0.4 is 0 Å². The molecule has 0 N–H and O–H groups in total. The molecule has 124 valence electrons. The molecule has 0 radical (unpaired) electrons. The molecule has 0 saturated carbocycles. The first-order valence-electron chi connectivity index (χ1n) is 6.98. The van der Waals surface area contributed by atoms with Crippen LogP contribution >= 0.6 is 0 Å². The van der Waals surface area contributed by atoms with Gasteiger partial charge in [-0.05, 0) is 48.5 Å². The molecule has 25 heavy (non-hydrogen) atoms.